The number of alkyl halides is 3. The van der Waals surface area contributed by atoms with Gasteiger partial charge in [-0.25, -0.2) is 4.98 Å². The highest BCUT2D eigenvalue weighted by atomic mass is 19.4. The molecule has 0 spiro atoms. The van der Waals surface area contributed by atoms with E-state index in [2.05, 4.69) is 19.9 Å². The molecule has 1 unspecified atom stereocenters. The molecule has 2 aliphatic rings. The normalized spacial score (nSPS) is 18.5. The molecule has 2 aliphatic heterocycles. The van der Waals surface area contributed by atoms with Gasteiger partial charge in [-0.05, 0) is 24.3 Å². The van der Waals surface area contributed by atoms with Crippen molar-refractivity contribution in [1.29, 1.82) is 0 Å². The summed E-state index contributed by atoms with van der Waals surface area (Å²) in [6.07, 6.45) is -5.05. The molecule has 3 heterocycles. The molecule has 190 valence electrons. The molecule has 1 atom stereocenters. The summed E-state index contributed by atoms with van der Waals surface area (Å²) < 4.78 is 48.7. The van der Waals surface area contributed by atoms with E-state index in [-0.39, 0.29) is 18.0 Å². The molecule has 1 fully saturated rings. The summed E-state index contributed by atoms with van der Waals surface area (Å²) in [6, 6.07) is 11.5. The average molecular weight is 503 g/mol. The number of carbonyl (C=O) groups is 2. The topological polar surface area (TPSA) is 88.9 Å². The standard InChI is InChI=1S/C24H24F3N5O4/c25-24(26,27)36-17-5-3-4-16(14-17)28-21(33)15-20-22(34)31(9-8-30-10-12-35-13-11-30)23-29-18-6-1-2-7-19(18)32(20)23/h1-7,14,20H,8-13,15H2,(H,28,33). The third-order valence-corrected chi connectivity index (χ3v) is 6.16. The number of morpholine rings is 1. The molecule has 1 N–H and O–H groups in total. The average Bonchev–Trinajstić information content (AvgIpc) is 3.32. The maximum Gasteiger partial charge on any atom is 0.573 e. The molecule has 2 aromatic carbocycles. The van der Waals surface area contributed by atoms with E-state index >= 15 is 0 Å². The van der Waals surface area contributed by atoms with Gasteiger partial charge < -0.3 is 14.8 Å². The Hall–Kier alpha value is -3.64. The number of nitrogens with zero attached hydrogens (tertiary/aromatic N) is 4. The molecule has 3 aromatic rings. The number of aromatic nitrogens is 2. The lowest BCUT2D eigenvalue weighted by atomic mass is 10.1. The number of amides is 2. The molecule has 0 aliphatic carbocycles. The highest BCUT2D eigenvalue weighted by molar-refractivity contribution is 6.05. The number of anilines is 2. The van der Waals surface area contributed by atoms with Gasteiger partial charge in [0.15, 0.2) is 0 Å². The number of imidazole rings is 1. The van der Waals surface area contributed by atoms with Crippen molar-refractivity contribution in [2.75, 3.05) is 49.6 Å². The van der Waals surface area contributed by atoms with Gasteiger partial charge in [0, 0.05) is 37.9 Å². The molecule has 0 bridgehead atoms. The molecule has 36 heavy (non-hydrogen) atoms. The van der Waals surface area contributed by atoms with Gasteiger partial charge in [-0.3, -0.25) is 24.0 Å². The Morgan fingerprint density at radius 1 is 1.11 bits per heavy atom. The maximum absolute atomic E-state index is 13.4. The lowest BCUT2D eigenvalue weighted by Gasteiger charge is -2.28. The van der Waals surface area contributed by atoms with Gasteiger partial charge in [-0.15, -0.1) is 13.2 Å². The van der Waals surface area contributed by atoms with Gasteiger partial charge in [0.2, 0.25) is 11.9 Å². The fourth-order valence-electron chi connectivity index (χ4n) is 4.53. The van der Waals surface area contributed by atoms with Crippen molar-refractivity contribution in [1.82, 2.24) is 14.5 Å². The molecule has 0 radical (unpaired) electrons. The predicted octanol–water partition coefficient (Wildman–Crippen LogP) is 3.18. The van der Waals surface area contributed by atoms with Gasteiger partial charge in [0.25, 0.3) is 5.91 Å². The van der Waals surface area contributed by atoms with Gasteiger partial charge >= 0.3 is 6.36 Å². The highest BCUT2D eigenvalue weighted by Gasteiger charge is 2.41. The number of hydrogen-bond donors (Lipinski definition) is 1. The van der Waals surface area contributed by atoms with E-state index in [9.17, 15) is 22.8 Å². The molecule has 2 amide bonds. The van der Waals surface area contributed by atoms with Crippen LogP contribution in [-0.2, 0) is 14.3 Å². The number of halogens is 3. The fourth-order valence-corrected chi connectivity index (χ4v) is 4.53. The van der Waals surface area contributed by atoms with E-state index in [0.29, 0.717) is 37.8 Å². The largest absolute Gasteiger partial charge is 0.573 e. The van der Waals surface area contributed by atoms with E-state index in [1.165, 1.54) is 12.1 Å². The third kappa shape index (κ3) is 5.14. The number of rotatable bonds is 7. The first-order valence-electron chi connectivity index (χ1n) is 11.5. The predicted molar refractivity (Wildman–Crippen MR) is 125 cm³/mol. The Bertz CT molecular complexity index is 1270. The number of fused-ring (bicyclic) bond motifs is 3. The van der Waals surface area contributed by atoms with Crippen LogP contribution in [0.25, 0.3) is 11.0 Å². The van der Waals surface area contributed by atoms with Crippen LogP contribution in [0.3, 0.4) is 0 Å². The summed E-state index contributed by atoms with van der Waals surface area (Å²) in [4.78, 5) is 34.8. The van der Waals surface area contributed by atoms with Gasteiger partial charge in [-0.2, -0.15) is 0 Å². The molecule has 0 saturated carbocycles. The van der Waals surface area contributed by atoms with E-state index in [1.807, 2.05) is 24.3 Å². The van der Waals surface area contributed by atoms with E-state index < -0.39 is 24.1 Å². The highest BCUT2D eigenvalue weighted by Crippen LogP contribution is 2.36. The quantitative estimate of drug-likeness (QED) is 0.533. The Kier molecular flexibility index (Phi) is 6.54. The number of nitrogens with one attached hydrogen (secondary N) is 1. The smallest absolute Gasteiger partial charge is 0.406 e. The van der Waals surface area contributed by atoms with Crippen LogP contribution in [0, 0.1) is 0 Å². The molecule has 9 nitrogen and oxygen atoms in total. The monoisotopic (exact) mass is 503 g/mol. The van der Waals surface area contributed by atoms with Crippen LogP contribution in [0.5, 0.6) is 5.75 Å². The van der Waals surface area contributed by atoms with Crippen LogP contribution in [0.2, 0.25) is 0 Å². The summed E-state index contributed by atoms with van der Waals surface area (Å²) in [6.45, 7) is 3.90. The molecular weight excluding hydrogens is 479 g/mol. The molecule has 5 rings (SSSR count). The third-order valence-electron chi connectivity index (χ3n) is 6.16. The van der Waals surface area contributed by atoms with E-state index in [0.717, 1.165) is 30.7 Å². The Morgan fingerprint density at radius 3 is 2.67 bits per heavy atom. The SMILES string of the molecule is O=C(CC1C(=O)N(CCN2CCOCC2)c2nc3ccccc3n21)Nc1cccc(OC(F)(F)F)c1. The van der Waals surface area contributed by atoms with Crippen LogP contribution in [-0.4, -0.2) is 72.0 Å². The molecule has 1 aromatic heterocycles. The van der Waals surface area contributed by atoms with Crippen molar-refractivity contribution in [3.63, 3.8) is 0 Å². The summed E-state index contributed by atoms with van der Waals surface area (Å²) in [5.41, 5.74) is 1.57. The second-order valence-corrected chi connectivity index (χ2v) is 8.56. The molecule has 12 heteroatoms. The first kappa shape index (κ1) is 24.1. The zero-order valence-electron chi connectivity index (χ0n) is 19.2. The maximum atomic E-state index is 13.4. The van der Waals surface area contributed by atoms with Crippen molar-refractivity contribution in [3.8, 4) is 5.75 Å². The second kappa shape index (κ2) is 9.78. The van der Waals surface area contributed by atoms with Crippen LogP contribution in [0.1, 0.15) is 12.5 Å². The van der Waals surface area contributed by atoms with Crippen LogP contribution in [0.15, 0.2) is 48.5 Å². The minimum atomic E-state index is -4.84. The van der Waals surface area contributed by atoms with Crippen LogP contribution >= 0.6 is 0 Å². The van der Waals surface area contributed by atoms with Crippen LogP contribution in [0.4, 0.5) is 24.8 Å². The lowest BCUT2D eigenvalue weighted by molar-refractivity contribution is -0.274. The van der Waals surface area contributed by atoms with Crippen LogP contribution < -0.4 is 15.0 Å². The number of carbonyl (C=O) groups excluding carboxylic acids is 2. The van der Waals surface area contributed by atoms with E-state index in [4.69, 9.17) is 4.74 Å². The number of hydrogen-bond acceptors (Lipinski definition) is 6. The summed E-state index contributed by atoms with van der Waals surface area (Å²) in [5.74, 6) is -0.737. The van der Waals surface area contributed by atoms with Crippen molar-refractivity contribution < 1.29 is 32.2 Å². The number of ether oxygens (including phenoxy) is 2. The first-order chi connectivity index (χ1) is 17.3. The summed E-state index contributed by atoms with van der Waals surface area (Å²) in [7, 11) is 0. The Labute approximate surface area is 204 Å². The summed E-state index contributed by atoms with van der Waals surface area (Å²) in [5, 5.41) is 2.57. The zero-order chi connectivity index (χ0) is 25.3. The van der Waals surface area contributed by atoms with Gasteiger partial charge in [0.05, 0.1) is 30.7 Å². The number of para-hydroxylation sites is 2. The van der Waals surface area contributed by atoms with Crippen molar-refractivity contribution in [3.05, 3.63) is 48.5 Å². The zero-order valence-corrected chi connectivity index (χ0v) is 19.2. The van der Waals surface area contributed by atoms with Crippen molar-refractivity contribution >= 4 is 34.5 Å². The van der Waals surface area contributed by atoms with Gasteiger partial charge in [-0.1, -0.05) is 18.2 Å². The fraction of sp³-hybridized carbons (Fsp3) is 0.375. The number of benzene rings is 2. The Morgan fingerprint density at radius 2 is 1.89 bits per heavy atom. The molecule has 1 saturated heterocycles. The van der Waals surface area contributed by atoms with Crippen molar-refractivity contribution in [2.45, 2.75) is 18.8 Å². The Balaban J connectivity index is 1.34. The first-order valence-corrected chi connectivity index (χ1v) is 11.5. The molecular formula is C24H24F3N5O4. The van der Waals surface area contributed by atoms with Crippen molar-refractivity contribution in [2.24, 2.45) is 0 Å². The second-order valence-electron chi connectivity index (χ2n) is 8.56. The van der Waals surface area contributed by atoms with Gasteiger partial charge in [0.1, 0.15) is 11.8 Å². The lowest BCUT2D eigenvalue weighted by Crippen LogP contribution is -2.42. The minimum absolute atomic E-state index is 0.132. The van der Waals surface area contributed by atoms with E-state index in [1.54, 1.807) is 9.47 Å². The summed E-state index contributed by atoms with van der Waals surface area (Å²) >= 11 is 0. The minimum Gasteiger partial charge on any atom is -0.406 e.